The molecule has 1 amide bonds. The summed E-state index contributed by atoms with van der Waals surface area (Å²) >= 11 is 12.2. The van der Waals surface area contributed by atoms with Crippen LogP contribution in [0.15, 0.2) is 12.1 Å². The van der Waals surface area contributed by atoms with Gasteiger partial charge in [-0.1, -0.05) is 29.3 Å². The summed E-state index contributed by atoms with van der Waals surface area (Å²) in [5, 5.41) is 6.85. The Hall–Kier alpha value is -0.810. The number of halogens is 2. The number of anilines is 1. The lowest BCUT2D eigenvalue weighted by Gasteiger charge is -2.23. The van der Waals surface area contributed by atoms with Gasteiger partial charge in [0.1, 0.15) is 0 Å². The number of hydrogen-bond acceptors (Lipinski definition) is 3. The van der Waals surface area contributed by atoms with Crippen LogP contribution in [0, 0.1) is 6.92 Å². The normalized spacial score (nSPS) is 19.2. The Morgan fingerprint density at radius 2 is 2.32 bits per heavy atom. The van der Waals surface area contributed by atoms with Crippen molar-refractivity contribution in [2.75, 3.05) is 25.0 Å². The summed E-state index contributed by atoms with van der Waals surface area (Å²) in [7, 11) is 0. The van der Waals surface area contributed by atoms with Crippen LogP contribution in [0.4, 0.5) is 5.69 Å². The first-order valence-electron chi connectivity index (χ1n) is 6.14. The molecule has 1 heterocycles. The minimum atomic E-state index is -0.150. The molecule has 2 N–H and O–H groups in total. The molecule has 0 spiro atoms. The molecular weight excluding hydrogens is 287 g/mol. The molecule has 104 valence electrons. The molecule has 6 heteroatoms. The van der Waals surface area contributed by atoms with Gasteiger partial charge in [-0.2, -0.15) is 0 Å². The molecule has 1 saturated heterocycles. The van der Waals surface area contributed by atoms with Crippen molar-refractivity contribution in [2.45, 2.75) is 19.4 Å². The molecule has 0 bridgehead atoms. The van der Waals surface area contributed by atoms with Gasteiger partial charge in [-0.15, -0.1) is 0 Å². The Labute approximate surface area is 122 Å². The Morgan fingerprint density at radius 1 is 1.53 bits per heavy atom. The van der Waals surface area contributed by atoms with Crippen LogP contribution in [-0.2, 0) is 9.53 Å². The summed E-state index contributed by atoms with van der Waals surface area (Å²) in [5.41, 5.74) is 1.34. The number of morpholine rings is 1. The Bertz CT molecular complexity index is 474. The molecule has 4 nitrogen and oxygen atoms in total. The van der Waals surface area contributed by atoms with Gasteiger partial charge in [0.2, 0.25) is 5.91 Å². The van der Waals surface area contributed by atoms with Crippen molar-refractivity contribution in [3.63, 3.8) is 0 Å². The van der Waals surface area contributed by atoms with Crippen molar-refractivity contribution in [2.24, 2.45) is 0 Å². The van der Waals surface area contributed by atoms with E-state index in [1.807, 2.05) is 13.0 Å². The Balaban J connectivity index is 2.00. The summed E-state index contributed by atoms with van der Waals surface area (Å²) in [6.07, 6.45) is 0.184. The molecule has 0 aromatic heterocycles. The van der Waals surface area contributed by atoms with Crippen LogP contribution in [0.1, 0.15) is 12.0 Å². The van der Waals surface area contributed by atoms with Crippen LogP contribution in [0.2, 0.25) is 10.0 Å². The number of carbonyl (C=O) groups excluding carboxylic acids is 1. The highest BCUT2D eigenvalue weighted by Gasteiger charge is 2.19. The van der Waals surface area contributed by atoms with E-state index in [2.05, 4.69) is 10.6 Å². The van der Waals surface area contributed by atoms with Crippen LogP contribution >= 0.6 is 23.2 Å². The number of ether oxygens (including phenoxy) is 1. The van der Waals surface area contributed by atoms with Crippen LogP contribution in [-0.4, -0.2) is 31.7 Å². The molecule has 1 fully saturated rings. The monoisotopic (exact) mass is 302 g/mol. The third-order valence-electron chi connectivity index (χ3n) is 2.97. The van der Waals surface area contributed by atoms with Gasteiger partial charge in [0, 0.05) is 13.1 Å². The van der Waals surface area contributed by atoms with Gasteiger partial charge in [0.15, 0.2) is 0 Å². The van der Waals surface area contributed by atoms with Crippen molar-refractivity contribution in [1.82, 2.24) is 5.32 Å². The maximum Gasteiger partial charge on any atom is 0.227 e. The largest absolute Gasteiger partial charge is 0.375 e. The predicted molar refractivity (Wildman–Crippen MR) is 77.1 cm³/mol. The molecule has 1 aliphatic rings. The molecule has 1 atom stereocenters. The molecule has 19 heavy (non-hydrogen) atoms. The van der Waals surface area contributed by atoms with Crippen molar-refractivity contribution in [3.8, 4) is 0 Å². The SMILES string of the molecule is Cc1ccc(Cl)c(NC(=O)CC2CNCCO2)c1Cl. The Kier molecular flexibility index (Phi) is 5.05. The van der Waals surface area contributed by atoms with E-state index < -0.39 is 0 Å². The summed E-state index contributed by atoms with van der Waals surface area (Å²) in [4.78, 5) is 12.0. The fraction of sp³-hybridized carbons (Fsp3) is 0.462. The van der Waals surface area contributed by atoms with Crippen molar-refractivity contribution in [3.05, 3.63) is 27.7 Å². The summed E-state index contributed by atoms with van der Waals surface area (Å²) in [6, 6.07) is 3.53. The van der Waals surface area contributed by atoms with Gasteiger partial charge in [0.05, 0.1) is 34.9 Å². The van der Waals surface area contributed by atoms with Gasteiger partial charge in [-0.05, 0) is 18.6 Å². The van der Waals surface area contributed by atoms with E-state index in [1.54, 1.807) is 6.07 Å². The van der Waals surface area contributed by atoms with Crippen molar-refractivity contribution in [1.29, 1.82) is 0 Å². The first-order valence-corrected chi connectivity index (χ1v) is 6.90. The van der Waals surface area contributed by atoms with Crippen LogP contribution in [0.5, 0.6) is 0 Å². The molecule has 1 unspecified atom stereocenters. The quantitative estimate of drug-likeness (QED) is 0.902. The molecule has 2 rings (SSSR count). The smallest absolute Gasteiger partial charge is 0.227 e. The zero-order valence-corrected chi connectivity index (χ0v) is 12.1. The van der Waals surface area contributed by atoms with E-state index >= 15 is 0 Å². The highest BCUT2D eigenvalue weighted by molar-refractivity contribution is 6.40. The van der Waals surface area contributed by atoms with E-state index in [4.69, 9.17) is 27.9 Å². The van der Waals surface area contributed by atoms with Crippen LogP contribution in [0.25, 0.3) is 0 Å². The van der Waals surface area contributed by atoms with Gasteiger partial charge >= 0.3 is 0 Å². The van der Waals surface area contributed by atoms with E-state index in [9.17, 15) is 4.79 Å². The number of amides is 1. The first-order chi connectivity index (χ1) is 9.08. The van der Waals surface area contributed by atoms with E-state index in [0.717, 1.165) is 12.1 Å². The van der Waals surface area contributed by atoms with E-state index in [0.29, 0.717) is 28.9 Å². The first kappa shape index (κ1) is 14.6. The van der Waals surface area contributed by atoms with Gasteiger partial charge in [-0.25, -0.2) is 0 Å². The predicted octanol–water partition coefficient (Wildman–Crippen LogP) is 2.62. The fourth-order valence-corrected chi connectivity index (χ4v) is 2.38. The molecule has 1 aromatic carbocycles. The molecule has 1 aliphatic heterocycles. The van der Waals surface area contributed by atoms with Crippen LogP contribution < -0.4 is 10.6 Å². The minimum absolute atomic E-state index is 0.101. The maximum absolute atomic E-state index is 12.0. The maximum atomic E-state index is 12.0. The third-order valence-corrected chi connectivity index (χ3v) is 3.77. The number of benzene rings is 1. The zero-order valence-electron chi connectivity index (χ0n) is 10.6. The lowest BCUT2D eigenvalue weighted by molar-refractivity contribution is -0.119. The molecule has 1 aromatic rings. The lowest BCUT2D eigenvalue weighted by Crippen LogP contribution is -2.40. The van der Waals surface area contributed by atoms with E-state index in [1.165, 1.54) is 0 Å². The second-order valence-corrected chi connectivity index (χ2v) is 5.29. The average Bonchev–Trinajstić information content (AvgIpc) is 2.40. The van der Waals surface area contributed by atoms with Gasteiger partial charge in [-0.3, -0.25) is 4.79 Å². The van der Waals surface area contributed by atoms with Crippen molar-refractivity contribution < 1.29 is 9.53 Å². The lowest BCUT2D eigenvalue weighted by atomic mass is 10.2. The molecule has 0 saturated carbocycles. The zero-order chi connectivity index (χ0) is 13.8. The number of rotatable bonds is 3. The molecule has 0 radical (unpaired) electrons. The second-order valence-electron chi connectivity index (χ2n) is 4.50. The van der Waals surface area contributed by atoms with E-state index in [-0.39, 0.29) is 18.4 Å². The molecular formula is C13H16Cl2N2O2. The summed E-state index contributed by atoms with van der Waals surface area (Å²) in [5.74, 6) is -0.150. The minimum Gasteiger partial charge on any atom is -0.375 e. The second kappa shape index (κ2) is 6.57. The highest BCUT2D eigenvalue weighted by Crippen LogP contribution is 2.33. The summed E-state index contributed by atoms with van der Waals surface area (Å²) < 4.78 is 5.48. The number of nitrogens with one attached hydrogen (secondary N) is 2. The molecule has 0 aliphatic carbocycles. The average molecular weight is 303 g/mol. The van der Waals surface area contributed by atoms with Crippen molar-refractivity contribution >= 4 is 34.8 Å². The number of carbonyl (C=O) groups is 1. The standard InChI is InChI=1S/C13H16Cl2N2O2/c1-8-2-3-10(14)13(12(8)15)17-11(18)6-9-7-16-4-5-19-9/h2-3,9,16H,4-7H2,1H3,(H,17,18). The highest BCUT2D eigenvalue weighted by atomic mass is 35.5. The number of hydrogen-bond donors (Lipinski definition) is 2. The fourth-order valence-electron chi connectivity index (χ4n) is 1.92. The summed E-state index contributed by atoms with van der Waals surface area (Å²) in [6.45, 7) is 4.00. The van der Waals surface area contributed by atoms with Crippen LogP contribution in [0.3, 0.4) is 0 Å². The topological polar surface area (TPSA) is 50.4 Å². The number of aryl methyl sites for hydroxylation is 1. The van der Waals surface area contributed by atoms with Gasteiger partial charge in [0.25, 0.3) is 0 Å². The Morgan fingerprint density at radius 3 is 3.00 bits per heavy atom. The van der Waals surface area contributed by atoms with Gasteiger partial charge < -0.3 is 15.4 Å². The third kappa shape index (κ3) is 3.83.